The molecule has 0 aliphatic carbocycles. The molecule has 1 heterocycles. The third-order valence-electron chi connectivity index (χ3n) is 3.12. The highest BCUT2D eigenvalue weighted by Gasteiger charge is 2.36. The minimum atomic E-state index is -3.93. The molecular formula is C15H16NO3PS. The highest BCUT2D eigenvalue weighted by atomic mass is 32.2. The predicted octanol–water partition coefficient (Wildman–Crippen LogP) is 4.82. The van der Waals surface area contributed by atoms with Crippen LogP contribution in [0.1, 0.15) is 13.3 Å². The summed E-state index contributed by atoms with van der Waals surface area (Å²) in [7, 11) is -3.93. The van der Waals surface area contributed by atoms with Crippen molar-refractivity contribution in [3.8, 4) is 0 Å². The Hall–Kier alpha value is -1.26. The first-order valence-corrected chi connectivity index (χ1v) is 9.12. The van der Waals surface area contributed by atoms with E-state index in [2.05, 4.69) is 0 Å². The molecule has 1 unspecified atom stereocenters. The monoisotopic (exact) mass is 321 g/mol. The summed E-state index contributed by atoms with van der Waals surface area (Å²) in [5.41, 5.74) is 1.42. The fourth-order valence-corrected chi connectivity index (χ4v) is 4.85. The minimum Gasteiger partial charge on any atom is -0.308 e. The van der Waals surface area contributed by atoms with E-state index in [1.165, 1.54) is 4.67 Å². The van der Waals surface area contributed by atoms with Gasteiger partial charge in [-0.05, 0) is 30.7 Å². The van der Waals surface area contributed by atoms with E-state index < -0.39 is 7.75 Å². The van der Waals surface area contributed by atoms with E-state index in [4.69, 9.17) is 4.52 Å². The van der Waals surface area contributed by atoms with E-state index in [1.807, 2.05) is 55.5 Å². The van der Waals surface area contributed by atoms with Gasteiger partial charge in [0.15, 0.2) is 0 Å². The molecular weight excluding hydrogens is 305 g/mol. The van der Waals surface area contributed by atoms with Crippen LogP contribution in [-0.2, 0) is 9.09 Å². The second kappa shape index (κ2) is 5.85. The lowest BCUT2D eigenvalue weighted by Crippen LogP contribution is -2.19. The Labute approximate surface area is 128 Å². The molecule has 1 N–H and O–H groups in total. The van der Waals surface area contributed by atoms with Gasteiger partial charge in [0.05, 0.1) is 18.0 Å². The summed E-state index contributed by atoms with van der Waals surface area (Å²) in [6.07, 6.45) is 0.691. The van der Waals surface area contributed by atoms with Gasteiger partial charge in [0.1, 0.15) is 0 Å². The first-order valence-electron chi connectivity index (χ1n) is 6.77. The van der Waals surface area contributed by atoms with Gasteiger partial charge in [-0.2, -0.15) is 0 Å². The molecule has 2 aromatic rings. The fraction of sp³-hybridized carbons (Fsp3) is 0.200. The maximum absolute atomic E-state index is 12.7. The maximum atomic E-state index is 12.7. The topological polar surface area (TPSA) is 49.8 Å². The SMILES string of the molecule is CCCOP(=O)(O)N1c2ccccc2Sc2ccccc21. The van der Waals surface area contributed by atoms with Crippen molar-refractivity contribution in [3.05, 3.63) is 48.5 Å². The van der Waals surface area contributed by atoms with Crippen LogP contribution in [0.2, 0.25) is 0 Å². The fourth-order valence-electron chi connectivity index (χ4n) is 2.23. The number of hydrogen-bond acceptors (Lipinski definition) is 3. The summed E-state index contributed by atoms with van der Waals surface area (Å²) in [6, 6.07) is 15.2. The minimum absolute atomic E-state index is 0.252. The van der Waals surface area contributed by atoms with Crippen molar-refractivity contribution < 1.29 is 14.0 Å². The molecule has 0 bridgehead atoms. The number of rotatable bonds is 4. The van der Waals surface area contributed by atoms with E-state index in [0.29, 0.717) is 17.8 Å². The molecule has 0 radical (unpaired) electrons. The first kappa shape index (κ1) is 14.7. The van der Waals surface area contributed by atoms with Crippen molar-refractivity contribution >= 4 is 30.9 Å². The van der Waals surface area contributed by atoms with Crippen LogP contribution in [0.3, 0.4) is 0 Å². The Morgan fingerprint density at radius 3 is 2.14 bits per heavy atom. The maximum Gasteiger partial charge on any atom is 0.437 e. The van der Waals surface area contributed by atoms with Gasteiger partial charge in [-0.3, -0.25) is 4.52 Å². The van der Waals surface area contributed by atoms with E-state index >= 15 is 0 Å². The van der Waals surface area contributed by atoms with Crippen molar-refractivity contribution in [2.24, 2.45) is 0 Å². The highest BCUT2D eigenvalue weighted by Crippen LogP contribution is 2.60. The highest BCUT2D eigenvalue weighted by molar-refractivity contribution is 7.99. The summed E-state index contributed by atoms with van der Waals surface area (Å²) in [4.78, 5) is 12.3. The molecule has 1 atom stereocenters. The van der Waals surface area contributed by atoms with Crippen LogP contribution in [0.25, 0.3) is 0 Å². The quantitative estimate of drug-likeness (QED) is 0.818. The molecule has 0 saturated heterocycles. The first-order chi connectivity index (χ1) is 10.1. The Morgan fingerprint density at radius 1 is 1.10 bits per heavy atom. The molecule has 0 spiro atoms. The lowest BCUT2D eigenvalue weighted by molar-refractivity contribution is 0.259. The lowest BCUT2D eigenvalue weighted by atomic mass is 10.2. The van der Waals surface area contributed by atoms with Crippen molar-refractivity contribution in [2.75, 3.05) is 11.3 Å². The summed E-state index contributed by atoms with van der Waals surface area (Å²) in [5.74, 6) is 0. The molecule has 21 heavy (non-hydrogen) atoms. The molecule has 3 rings (SSSR count). The summed E-state index contributed by atoms with van der Waals surface area (Å²) >= 11 is 1.60. The number of nitrogens with zero attached hydrogens (tertiary/aromatic N) is 1. The molecule has 0 fully saturated rings. The number of para-hydroxylation sites is 2. The molecule has 4 nitrogen and oxygen atoms in total. The Morgan fingerprint density at radius 2 is 1.62 bits per heavy atom. The van der Waals surface area contributed by atoms with Gasteiger partial charge in [-0.1, -0.05) is 43.0 Å². The van der Waals surface area contributed by atoms with E-state index in [-0.39, 0.29) is 6.61 Å². The van der Waals surface area contributed by atoms with Crippen LogP contribution < -0.4 is 4.67 Å². The van der Waals surface area contributed by atoms with E-state index in [9.17, 15) is 9.46 Å². The summed E-state index contributed by atoms with van der Waals surface area (Å²) in [6.45, 7) is 2.16. The van der Waals surface area contributed by atoms with Crippen LogP contribution >= 0.6 is 19.5 Å². The summed E-state index contributed by atoms with van der Waals surface area (Å²) < 4.78 is 19.4. The molecule has 1 aliphatic rings. The second-order valence-corrected chi connectivity index (χ2v) is 7.40. The average molecular weight is 321 g/mol. The number of fused-ring (bicyclic) bond motifs is 2. The van der Waals surface area contributed by atoms with Gasteiger partial charge in [0.2, 0.25) is 0 Å². The van der Waals surface area contributed by atoms with Crippen LogP contribution in [0.5, 0.6) is 0 Å². The van der Waals surface area contributed by atoms with Crippen molar-refractivity contribution in [1.82, 2.24) is 0 Å². The zero-order valence-corrected chi connectivity index (χ0v) is 13.3. The van der Waals surface area contributed by atoms with Gasteiger partial charge in [-0.25, -0.2) is 9.24 Å². The Kier molecular flexibility index (Phi) is 4.09. The number of anilines is 2. The molecule has 110 valence electrons. The van der Waals surface area contributed by atoms with Gasteiger partial charge >= 0.3 is 7.75 Å². The standard InChI is InChI=1S/C15H16NO3PS/c1-2-11-19-20(17,18)16-12-7-3-5-9-14(12)21-15-10-6-4-8-13(15)16/h3-10H,2,11H2,1H3,(H,17,18). The smallest absolute Gasteiger partial charge is 0.308 e. The second-order valence-electron chi connectivity index (χ2n) is 4.67. The molecule has 2 aromatic carbocycles. The molecule has 0 amide bonds. The van der Waals surface area contributed by atoms with Gasteiger partial charge in [0.25, 0.3) is 0 Å². The van der Waals surface area contributed by atoms with Crippen molar-refractivity contribution in [1.29, 1.82) is 0 Å². The van der Waals surface area contributed by atoms with Gasteiger partial charge < -0.3 is 4.89 Å². The summed E-state index contributed by atoms with van der Waals surface area (Å²) in [5, 5.41) is 0. The Bertz CT molecular complexity index is 661. The molecule has 1 aliphatic heterocycles. The Balaban J connectivity index is 2.13. The largest absolute Gasteiger partial charge is 0.437 e. The zero-order chi connectivity index (χ0) is 14.9. The van der Waals surface area contributed by atoms with Crippen molar-refractivity contribution in [2.45, 2.75) is 23.1 Å². The van der Waals surface area contributed by atoms with Crippen LogP contribution in [0, 0.1) is 0 Å². The van der Waals surface area contributed by atoms with Gasteiger partial charge in [0, 0.05) is 9.79 Å². The van der Waals surface area contributed by atoms with Crippen molar-refractivity contribution in [3.63, 3.8) is 0 Å². The van der Waals surface area contributed by atoms with Crippen LogP contribution in [-0.4, -0.2) is 11.5 Å². The predicted molar refractivity (Wildman–Crippen MR) is 85.2 cm³/mol. The van der Waals surface area contributed by atoms with E-state index in [0.717, 1.165) is 9.79 Å². The van der Waals surface area contributed by atoms with Crippen LogP contribution in [0.15, 0.2) is 58.3 Å². The number of benzene rings is 2. The third kappa shape index (κ3) is 2.74. The van der Waals surface area contributed by atoms with Crippen LogP contribution in [0.4, 0.5) is 11.4 Å². The third-order valence-corrected chi connectivity index (χ3v) is 5.71. The normalized spacial score (nSPS) is 16.0. The average Bonchev–Trinajstić information content (AvgIpc) is 2.50. The van der Waals surface area contributed by atoms with Gasteiger partial charge in [-0.15, -0.1) is 0 Å². The molecule has 0 saturated carbocycles. The number of hydrogen-bond donors (Lipinski definition) is 1. The lowest BCUT2D eigenvalue weighted by Gasteiger charge is -2.34. The van der Waals surface area contributed by atoms with E-state index in [1.54, 1.807) is 11.8 Å². The zero-order valence-electron chi connectivity index (χ0n) is 11.6. The molecule has 6 heteroatoms. The molecule has 0 aromatic heterocycles.